The van der Waals surface area contributed by atoms with Crippen molar-refractivity contribution in [1.82, 2.24) is 4.90 Å². The van der Waals surface area contributed by atoms with Gasteiger partial charge in [-0.3, -0.25) is 0 Å². The van der Waals surface area contributed by atoms with E-state index in [4.69, 9.17) is 16.3 Å². The number of aliphatic hydroxyl groups excluding tert-OH is 1. The van der Waals surface area contributed by atoms with Crippen LogP contribution in [0.2, 0.25) is 5.02 Å². The minimum atomic E-state index is -0.489. The van der Waals surface area contributed by atoms with Gasteiger partial charge in [-0.05, 0) is 37.6 Å². The van der Waals surface area contributed by atoms with E-state index in [1.54, 1.807) is 0 Å². The molecule has 1 aromatic carbocycles. The number of ether oxygens (including phenoxy) is 1. The fourth-order valence-corrected chi connectivity index (χ4v) is 2.57. The Hall–Kier alpha value is -0.610. The van der Waals surface area contributed by atoms with Crippen LogP contribution in [0.3, 0.4) is 0 Å². The molecule has 2 rings (SSSR count). The largest absolute Gasteiger partial charge is 0.387 e. The lowest BCUT2D eigenvalue weighted by Gasteiger charge is -2.32. The molecule has 1 aliphatic rings. The van der Waals surface area contributed by atoms with Crippen molar-refractivity contribution < 1.29 is 9.84 Å². The highest BCUT2D eigenvalue weighted by Gasteiger charge is 2.21. The fraction of sp³-hybridized carbons (Fsp3) is 0.571. The van der Waals surface area contributed by atoms with Gasteiger partial charge in [-0.2, -0.15) is 0 Å². The number of nitrogens with zero attached hydrogens (tertiary/aromatic N) is 1. The Kier molecular flexibility index (Phi) is 5.01. The van der Waals surface area contributed by atoms with E-state index in [1.165, 1.54) is 0 Å². The summed E-state index contributed by atoms with van der Waals surface area (Å²) in [5.41, 5.74) is 0.876. The van der Waals surface area contributed by atoms with Crippen molar-refractivity contribution in [1.29, 1.82) is 0 Å². The molecule has 1 heterocycles. The first-order chi connectivity index (χ1) is 8.66. The molecule has 1 aromatic rings. The Bertz CT molecular complexity index is 380. The zero-order chi connectivity index (χ0) is 13.0. The lowest BCUT2D eigenvalue weighted by Crippen LogP contribution is -2.38. The number of likely N-dealkylation sites (N-methyl/N-ethyl adjacent to an activating group) is 1. The van der Waals surface area contributed by atoms with Crippen LogP contribution in [0, 0.1) is 0 Å². The zero-order valence-corrected chi connectivity index (χ0v) is 11.4. The third-order valence-electron chi connectivity index (χ3n) is 3.51. The topological polar surface area (TPSA) is 32.7 Å². The van der Waals surface area contributed by atoms with E-state index in [0.29, 0.717) is 17.6 Å². The second-order valence-electron chi connectivity index (χ2n) is 4.85. The van der Waals surface area contributed by atoms with E-state index in [-0.39, 0.29) is 0 Å². The van der Waals surface area contributed by atoms with Crippen molar-refractivity contribution in [2.24, 2.45) is 0 Å². The van der Waals surface area contributed by atoms with Crippen LogP contribution in [-0.2, 0) is 4.74 Å². The van der Waals surface area contributed by atoms with Crippen LogP contribution in [0.5, 0.6) is 0 Å². The summed E-state index contributed by atoms with van der Waals surface area (Å²) in [6.07, 6.45) is 1.59. The summed E-state index contributed by atoms with van der Waals surface area (Å²) in [5.74, 6) is 0. The number of hydrogen-bond acceptors (Lipinski definition) is 3. The van der Waals surface area contributed by atoms with Gasteiger partial charge < -0.3 is 14.7 Å². The molecule has 1 saturated heterocycles. The Labute approximate surface area is 113 Å². The average molecular weight is 270 g/mol. The van der Waals surface area contributed by atoms with Crippen LogP contribution in [-0.4, -0.2) is 42.9 Å². The average Bonchev–Trinajstić information content (AvgIpc) is 2.39. The normalized spacial score (nSPS) is 19.1. The van der Waals surface area contributed by atoms with Gasteiger partial charge in [0.15, 0.2) is 0 Å². The quantitative estimate of drug-likeness (QED) is 0.912. The SMILES string of the molecule is CN(CC(O)c1cccc(Cl)c1)C1CCOCC1. The minimum Gasteiger partial charge on any atom is -0.387 e. The number of aliphatic hydroxyl groups is 1. The van der Waals surface area contributed by atoms with E-state index in [9.17, 15) is 5.11 Å². The maximum Gasteiger partial charge on any atom is 0.0917 e. The van der Waals surface area contributed by atoms with Gasteiger partial charge in [0.05, 0.1) is 6.10 Å². The molecule has 0 radical (unpaired) electrons. The van der Waals surface area contributed by atoms with Gasteiger partial charge in [0.2, 0.25) is 0 Å². The Morgan fingerprint density at radius 3 is 2.83 bits per heavy atom. The third-order valence-corrected chi connectivity index (χ3v) is 3.74. The highest BCUT2D eigenvalue weighted by Crippen LogP contribution is 2.21. The maximum absolute atomic E-state index is 10.2. The first kappa shape index (κ1) is 13.8. The first-order valence-corrected chi connectivity index (χ1v) is 6.76. The van der Waals surface area contributed by atoms with Crippen LogP contribution < -0.4 is 0 Å². The molecule has 1 atom stereocenters. The number of benzene rings is 1. The van der Waals surface area contributed by atoms with Gasteiger partial charge in [0.1, 0.15) is 0 Å². The van der Waals surface area contributed by atoms with Gasteiger partial charge in [-0.25, -0.2) is 0 Å². The second-order valence-corrected chi connectivity index (χ2v) is 5.29. The second kappa shape index (κ2) is 6.53. The maximum atomic E-state index is 10.2. The monoisotopic (exact) mass is 269 g/mol. The molecule has 1 fully saturated rings. The van der Waals surface area contributed by atoms with Crippen LogP contribution in [0.25, 0.3) is 0 Å². The number of rotatable bonds is 4. The summed E-state index contributed by atoms with van der Waals surface area (Å²) in [6.45, 7) is 2.27. The molecule has 0 saturated carbocycles. The highest BCUT2D eigenvalue weighted by atomic mass is 35.5. The van der Waals surface area contributed by atoms with Gasteiger partial charge >= 0.3 is 0 Å². The molecule has 4 heteroatoms. The van der Waals surface area contributed by atoms with Crippen molar-refractivity contribution in [3.05, 3.63) is 34.9 Å². The first-order valence-electron chi connectivity index (χ1n) is 6.38. The fourth-order valence-electron chi connectivity index (χ4n) is 2.37. The van der Waals surface area contributed by atoms with Crippen LogP contribution in [0.15, 0.2) is 24.3 Å². The predicted octanol–water partition coefficient (Wildman–Crippen LogP) is 2.48. The van der Waals surface area contributed by atoms with E-state index < -0.39 is 6.10 Å². The van der Waals surface area contributed by atoms with Crippen LogP contribution >= 0.6 is 11.6 Å². The van der Waals surface area contributed by atoms with E-state index in [2.05, 4.69) is 11.9 Å². The predicted molar refractivity (Wildman–Crippen MR) is 72.9 cm³/mol. The van der Waals surface area contributed by atoms with E-state index in [0.717, 1.165) is 31.6 Å². The molecule has 0 bridgehead atoms. The van der Waals surface area contributed by atoms with Gasteiger partial charge in [0, 0.05) is 30.8 Å². The van der Waals surface area contributed by atoms with Gasteiger partial charge in [-0.15, -0.1) is 0 Å². The van der Waals surface area contributed by atoms with E-state index >= 15 is 0 Å². The summed E-state index contributed by atoms with van der Waals surface area (Å²) in [7, 11) is 2.06. The summed E-state index contributed by atoms with van der Waals surface area (Å²) in [6, 6.07) is 7.93. The van der Waals surface area contributed by atoms with Gasteiger partial charge in [0.25, 0.3) is 0 Å². The molecule has 1 N–H and O–H groups in total. The summed E-state index contributed by atoms with van der Waals surface area (Å²) < 4.78 is 5.35. The summed E-state index contributed by atoms with van der Waals surface area (Å²) >= 11 is 5.93. The molecule has 1 unspecified atom stereocenters. The summed E-state index contributed by atoms with van der Waals surface area (Å²) in [5, 5.41) is 10.9. The molecule has 0 aromatic heterocycles. The molecule has 3 nitrogen and oxygen atoms in total. The number of hydrogen-bond donors (Lipinski definition) is 1. The summed E-state index contributed by atoms with van der Waals surface area (Å²) in [4.78, 5) is 2.22. The van der Waals surface area contributed by atoms with Crippen LogP contribution in [0.1, 0.15) is 24.5 Å². The Morgan fingerprint density at radius 2 is 2.17 bits per heavy atom. The molecule has 100 valence electrons. The Morgan fingerprint density at radius 1 is 1.44 bits per heavy atom. The molecule has 0 spiro atoms. The third kappa shape index (κ3) is 3.69. The molecular formula is C14H20ClNO2. The molecular weight excluding hydrogens is 250 g/mol. The molecule has 18 heavy (non-hydrogen) atoms. The lowest BCUT2D eigenvalue weighted by molar-refractivity contribution is 0.0253. The van der Waals surface area contributed by atoms with Crippen molar-refractivity contribution >= 4 is 11.6 Å². The standard InChI is InChI=1S/C14H20ClNO2/c1-16(13-5-7-18-8-6-13)10-14(17)11-3-2-4-12(15)9-11/h2-4,9,13-14,17H,5-8,10H2,1H3. The zero-order valence-electron chi connectivity index (χ0n) is 10.7. The minimum absolute atomic E-state index is 0.489. The van der Waals surface area contributed by atoms with Crippen molar-refractivity contribution in [3.63, 3.8) is 0 Å². The number of halogens is 1. The Balaban J connectivity index is 1.91. The molecule has 0 aliphatic carbocycles. The smallest absolute Gasteiger partial charge is 0.0917 e. The van der Waals surface area contributed by atoms with Crippen molar-refractivity contribution in [2.75, 3.05) is 26.8 Å². The van der Waals surface area contributed by atoms with E-state index in [1.807, 2.05) is 24.3 Å². The molecule has 0 amide bonds. The van der Waals surface area contributed by atoms with Gasteiger partial charge in [-0.1, -0.05) is 23.7 Å². The highest BCUT2D eigenvalue weighted by molar-refractivity contribution is 6.30. The van der Waals surface area contributed by atoms with Crippen molar-refractivity contribution in [3.8, 4) is 0 Å². The van der Waals surface area contributed by atoms with Crippen LogP contribution in [0.4, 0.5) is 0 Å². The molecule has 1 aliphatic heterocycles. The van der Waals surface area contributed by atoms with Crippen molar-refractivity contribution in [2.45, 2.75) is 25.0 Å². The lowest BCUT2D eigenvalue weighted by atomic mass is 10.1.